The second-order valence-electron chi connectivity index (χ2n) is 8.05. The van der Waals surface area contributed by atoms with E-state index in [2.05, 4.69) is 29.7 Å². The van der Waals surface area contributed by atoms with Gasteiger partial charge in [-0.1, -0.05) is 30.3 Å². The first-order chi connectivity index (χ1) is 14.4. The van der Waals surface area contributed by atoms with Crippen LogP contribution in [0.2, 0.25) is 0 Å². The van der Waals surface area contributed by atoms with Gasteiger partial charge in [-0.2, -0.15) is 0 Å². The summed E-state index contributed by atoms with van der Waals surface area (Å²) in [5.41, 5.74) is 3.87. The Balaban J connectivity index is 1.91. The van der Waals surface area contributed by atoms with E-state index in [1.807, 2.05) is 67.2 Å². The molecular formula is C24H32N4O2. The van der Waals surface area contributed by atoms with Gasteiger partial charge in [0.1, 0.15) is 0 Å². The molecule has 6 heteroatoms. The lowest BCUT2D eigenvalue weighted by molar-refractivity contribution is -0.135. The highest BCUT2D eigenvalue weighted by Crippen LogP contribution is 2.36. The molecule has 2 aromatic rings. The van der Waals surface area contributed by atoms with Crippen LogP contribution in [0.5, 0.6) is 0 Å². The van der Waals surface area contributed by atoms with Gasteiger partial charge in [0.2, 0.25) is 5.91 Å². The zero-order valence-corrected chi connectivity index (χ0v) is 18.3. The summed E-state index contributed by atoms with van der Waals surface area (Å²) in [6, 6.07) is 15.7. The van der Waals surface area contributed by atoms with Gasteiger partial charge in [0.25, 0.3) is 0 Å². The molecule has 2 aromatic carbocycles. The molecule has 1 aliphatic carbocycles. The van der Waals surface area contributed by atoms with E-state index in [9.17, 15) is 9.59 Å². The zero-order valence-electron chi connectivity index (χ0n) is 18.3. The number of nitrogens with one attached hydrogen (secondary N) is 2. The first kappa shape index (κ1) is 21.7. The fourth-order valence-electron chi connectivity index (χ4n) is 3.63. The summed E-state index contributed by atoms with van der Waals surface area (Å²) < 4.78 is 0. The lowest BCUT2D eigenvalue weighted by Gasteiger charge is -2.32. The van der Waals surface area contributed by atoms with E-state index < -0.39 is 0 Å². The Morgan fingerprint density at radius 3 is 2.40 bits per heavy atom. The van der Waals surface area contributed by atoms with Crippen LogP contribution in [-0.2, 0) is 11.3 Å². The maximum atomic E-state index is 13.2. The van der Waals surface area contributed by atoms with Crippen LogP contribution < -0.4 is 15.5 Å². The molecule has 30 heavy (non-hydrogen) atoms. The average Bonchev–Trinajstić information content (AvgIpc) is 3.57. The Morgan fingerprint density at radius 2 is 1.80 bits per heavy atom. The predicted octanol–water partition coefficient (Wildman–Crippen LogP) is 4.39. The van der Waals surface area contributed by atoms with Crippen molar-refractivity contribution in [2.45, 2.75) is 39.3 Å². The maximum absolute atomic E-state index is 13.2. The molecule has 0 unspecified atom stereocenters. The number of urea groups is 1. The molecule has 3 amide bonds. The number of hydrogen-bond acceptors (Lipinski definition) is 3. The molecule has 0 radical (unpaired) electrons. The van der Waals surface area contributed by atoms with Gasteiger partial charge in [0.05, 0.1) is 6.04 Å². The minimum atomic E-state index is -0.232. The van der Waals surface area contributed by atoms with Crippen molar-refractivity contribution in [1.29, 1.82) is 0 Å². The topological polar surface area (TPSA) is 64.7 Å². The molecule has 3 rings (SSSR count). The molecule has 1 aliphatic rings. The van der Waals surface area contributed by atoms with Crippen LogP contribution in [0.15, 0.2) is 48.5 Å². The number of rotatable bonds is 8. The van der Waals surface area contributed by atoms with Gasteiger partial charge in [-0.25, -0.2) is 4.79 Å². The monoisotopic (exact) mass is 408 g/mol. The SMILES string of the molecule is CCNC(=O)Nc1ccc(N(C)C)c(CN(C(=O)C2CC2)[C@H](C)c2ccccc2)c1. The van der Waals surface area contributed by atoms with E-state index >= 15 is 0 Å². The van der Waals surface area contributed by atoms with E-state index in [1.54, 1.807) is 0 Å². The molecular weight excluding hydrogens is 376 g/mol. The van der Waals surface area contributed by atoms with Crippen molar-refractivity contribution in [3.63, 3.8) is 0 Å². The minimum absolute atomic E-state index is 0.0330. The van der Waals surface area contributed by atoms with Gasteiger partial charge in [-0.05, 0) is 56.0 Å². The summed E-state index contributed by atoms with van der Waals surface area (Å²) in [6.45, 7) is 5.02. The van der Waals surface area contributed by atoms with Crippen molar-refractivity contribution in [1.82, 2.24) is 10.2 Å². The molecule has 6 nitrogen and oxygen atoms in total. The van der Waals surface area contributed by atoms with Crippen LogP contribution >= 0.6 is 0 Å². The predicted molar refractivity (Wildman–Crippen MR) is 122 cm³/mol. The molecule has 0 heterocycles. The van der Waals surface area contributed by atoms with Gasteiger partial charge in [0, 0.05) is 44.5 Å². The Labute approximate surface area is 179 Å². The molecule has 0 saturated heterocycles. The lowest BCUT2D eigenvalue weighted by Crippen LogP contribution is -2.35. The Morgan fingerprint density at radius 1 is 1.10 bits per heavy atom. The first-order valence-corrected chi connectivity index (χ1v) is 10.6. The van der Waals surface area contributed by atoms with Crippen LogP contribution in [-0.4, -0.2) is 37.5 Å². The van der Waals surface area contributed by atoms with Gasteiger partial charge in [-0.3, -0.25) is 4.79 Å². The van der Waals surface area contributed by atoms with E-state index in [1.165, 1.54) is 0 Å². The van der Waals surface area contributed by atoms with E-state index in [4.69, 9.17) is 0 Å². The van der Waals surface area contributed by atoms with Gasteiger partial charge >= 0.3 is 6.03 Å². The molecule has 0 bridgehead atoms. The largest absolute Gasteiger partial charge is 0.377 e. The summed E-state index contributed by atoms with van der Waals surface area (Å²) in [6.07, 6.45) is 1.94. The molecule has 1 atom stereocenters. The van der Waals surface area contributed by atoms with Gasteiger partial charge < -0.3 is 20.4 Å². The molecule has 0 aliphatic heterocycles. The highest BCUT2D eigenvalue weighted by Gasteiger charge is 2.36. The Hall–Kier alpha value is -3.02. The fourth-order valence-corrected chi connectivity index (χ4v) is 3.63. The maximum Gasteiger partial charge on any atom is 0.319 e. The number of benzene rings is 2. The number of anilines is 2. The number of nitrogens with zero attached hydrogens (tertiary/aromatic N) is 2. The summed E-state index contributed by atoms with van der Waals surface area (Å²) in [5, 5.41) is 5.62. The van der Waals surface area contributed by atoms with E-state index in [-0.39, 0.29) is 23.9 Å². The number of amides is 3. The standard InChI is InChI=1S/C24H32N4O2/c1-5-25-24(30)26-21-13-14-22(27(3)4)20(15-21)16-28(23(29)19-11-12-19)17(2)18-9-7-6-8-10-18/h6-10,13-15,17,19H,5,11-12,16H2,1-4H3,(H2,25,26,30)/t17-/m1/s1. The Kier molecular flexibility index (Phi) is 6.98. The van der Waals surface area contributed by atoms with Crippen LogP contribution in [0.3, 0.4) is 0 Å². The zero-order chi connectivity index (χ0) is 21.7. The Bertz CT molecular complexity index is 878. The molecule has 2 N–H and O–H groups in total. The van der Waals surface area contributed by atoms with Crippen molar-refractivity contribution in [3.05, 3.63) is 59.7 Å². The van der Waals surface area contributed by atoms with Crippen molar-refractivity contribution >= 4 is 23.3 Å². The van der Waals surface area contributed by atoms with Crippen LogP contribution in [0.25, 0.3) is 0 Å². The normalized spacial score (nSPS) is 14.0. The lowest BCUT2D eigenvalue weighted by atomic mass is 10.0. The first-order valence-electron chi connectivity index (χ1n) is 10.6. The van der Waals surface area contributed by atoms with Crippen molar-refractivity contribution < 1.29 is 9.59 Å². The fraction of sp³-hybridized carbons (Fsp3) is 0.417. The third kappa shape index (κ3) is 5.32. The van der Waals surface area contributed by atoms with Gasteiger partial charge in [-0.15, -0.1) is 0 Å². The van der Waals surface area contributed by atoms with Crippen molar-refractivity contribution in [2.75, 3.05) is 30.9 Å². The highest BCUT2D eigenvalue weighted by atomic mass is 16.2. The van der Waals surface area contributed by atoms with Crippen LogP contribution in [0, 0.1) is 5.92 Å². The van der Waals surface area contributed by atoms with Crippen molar-refractivity contribution in [2.24, 2.45) is 5.92 Å². The van der Waals surface area contributed by atoms with Crippen LogP contribution in [0.4, 0.5) is 16.2 Å². The molecule has 1 saturated carbocycles. The van der Waals surface area contributed by atoms with Gasteiger partial charge in [0.15, 0.2) is 0 Å². The van der Waals surface area contributed by atoms with E-state index in [0.29, 0.717) is 18.8 Å². The smallest absolute Gasteiger partial charge is 0.319 e. The van der Waals surface area contributed by atoms with E-state index in [0.717, 1.165) is 29.7 Å². The molecule has 0 aromatic heterocycles. The molecule has 0 spiro atoms. The summed E-state index contributed by atoms with van der Waals surface area (Å²) in [5.74, 6) is 0.341. The average molecular weight is 409 g/mol. The number of hydrogen-bond donors (Lipinski definition) is 2. The quantitative estimate of drug-likeness (QED) is 0.681. The second-order valence-corrected chi connectivity index (χ2v) is 8.05. The summed E-state index contributed by atoms with van der Waals surface area (Å²) in [4.78, 5) is 29.2. The summed E-state index contributed by atoms with van der Waals surface area (Å²) >= 11 is 0. The molecule has 160 valence electrons. The third-order valence-electron chi connectivity index (χ3n) is 5.46. The molecule has 1 fully saturated rings. The minimum Gasteiger partial charge on any atom is -0.377 e. The van der Waals surface area contributed by atoms with Crippen LogP contribution in [0.1, 0.15) is 43.9 Å². The second kappa shape index (κ2) is 9.65. The van der Waals surface area contributed by atoms with Crippen molar-refractivity contribution in [3.8, 4) is 0 Å². The third-order valence-corrected chi connectivity index (χ3v) is 5.46. The summed E-state index contributed by atoms with van der Waals surface area (Å²) in [7, 11) is 3.98. The number of carbonyl (C=O) groups excluding carboxylic acids is 2. The number of carbonyl (C=O) groups is 2. The highest BCUT2D eigenvalue weighted by molar-refractivity contribution is 5.89.